The molecule has 0 aliphatic rings. The molecule has 4 nitrogen and oxygen atoms in total. The van der Waals surface area contributed by atoms with Crippen molar-refractivity contribution in [3.05, 3.63) is 63.0 Å². The van der Waals surface area contributed by atoms with E-state index < -0.39 is 15.6 Å². The highest BCUT2D eigenvalue weighted by molar-refractivity contribution is 7.90. The third-order valence-electron chi connectivity index (χ3n) is 2.22. The van der Waals surface area contributed by atoms with Crippen LogP contribution in [0.15, 0.2) is 52.3 Å². The molecule has 0 saturated heterocycles. The Morgan fingerprint density at radius 1 is 1.06 bits per heavy atom. The van der Waals surface area contributed by atoms with Gasteiger partial charge in [-0.3, -0.25) is 4.79 Å². The lowest BCUT2D eigenvalue weighted by atomic mass is 10.4. The minimum absolute atomic E-state index is 0.00940. The van der Waals surface area contributed by atoms with Crippen LogP contribution in [0.3, 0.4) is 0 Å². The molecule has 7 heteroatoms. The highest BCUT2D eigenvalue weighted by Crippen LogP contribution is 2.25. The summed E-state index contributed by atoms with van der Waals surface area (Å²) in [5, 5.41) is 0.233. The average molecular weight is 304 g/mol. The third kappa shape index (κ3) is 2.29. The van der Waals surface area contributed by atoms with E-state index in [2.05, 4.69) is 0 Å². The van der Waals surface area contributed by atoms with Crippen molar-refractivity contribution in [2.75, 3.05) is 0 Å². The molecule has 0 unspecified atom stereocenters. The molecule has 0 bridgehead atoms. The number of pyridine rings is 1. The zero-order chi connectivity index (χ0) is 13.3. The molecule has 18 heavy (non-hydrogen) atoms. The number of rotatable bonds is 2. The molecule has 1 aromatic carbocycles. The smallest absolute Gasteiger partial charge is 0.268 e. The van der Waals surface area contributed by atoms with Crippen molar-refractivity contribution >= 4 is 33.2 Å². The van der Waals surface area contributed by atoms with E-state index in [4.69, 9.17) is 23.2 Å². The van der Waals surface area contributed by atoms with Crippen LogP contribution < -0.4 is 5.56 Å². The van der Waals surface area contributed by atoms with Crippen LogP contribution in [0.25, 0.3) is 0 Å². The van der Waals surface area contributed by atoms with Crippen molar-refractivity contribution in [2.24, 2.45) is 0 Å². The molecule has 0 saturated carbocycles. The number of hydrogen-bond acceptors (Lipinski definition) is 3. The van der Waals surface area contributed by atoms with E-state index in [-0.39, 0.29) is 14.9 Å². The fourth-order valence-electron chi connectivity index (χ4n) is 1.39. The van der Waals surface area contributed by atoms with Crippen LogP contribution in [0.4, 0.5) is 0 Å². The molecule has 0 atom stereocenters. The van der Waals surface area contributed by atoms with Crippen LogP contribution >= 0.6 is 23.2 Å². The van der Waals surface area contributed by atoms with Gasteiger partial charge in [0.05, 0.1) is 5.02 Å². The first-order valence-electron chi connectivity index (χ1n) is 4.81. The molecule has 0 radical (unpaired) electrons. The SMILES string of the molecule is O=c1ccccn1S(=O)(=O)c1cc(Cl)ccc1Cl. The maximum Gasteiger partial charge on any atom is 0.272 e. The van der Waals surface area contributed by atoms with Gasteiger partial charge in [0.25, 0.3) is 15.6 Å². The predicted octanol–water partition coefficient (Wildman–Crippen LogP) is 2.39. The van der Waals surface area contributed by atoms with E-state index >= 15 is 0 Å². The summed E-state index contributed by atoms with van der Waals surface area (Å²) in [5.41, 5.74) is -0.659. The zero-order valence-corrected chi connectivity index (χ0v) is 11.2. The van der Waals surface area contributed by atoms with Crippen molar-refractivity contribution in [1.29, 1.82) is 0 Å². The summed E-state index contributed by atoms with van der Waals surface area (Å²) in [4.78, 5) is 11.3. The molecule has 1 heterocycles. The van der Waals surface area contributed by atoms with Crippen molar-refractivity contribution in [3.8, 4) is 0 Å². The van der Waals surface area contributed by atoms with Crippen LogP contribution in [0.1, 0.15) is 0 Å². The quantitative estimate of drug-likeness (QED) is 0.856. The predicted molar refractivity (Wildman–Crippen MR) is 69.7 cm³/mol. The van der Waals surface area contributed by atoms with Gasteiger partial charge in [-0.05, 0) is 24.3 Å². The number of nitrogens with zero attached hydrogens (tertiary/aromatic N) is 1. The normalized spacial score (nSPS) is 11.4. The Balaban J connectivity index is 2.74. The van der Waals surface area contributed by atoms with Crippen LogP contribution in [0, 0.1) is 0 Å². The molecule has 1 aromatic heterocycles. The summed E-state index contributed by atoms with van der Waals surface area (Å²) in [6.07, 6.45) is 1.16. The Bertz CT molecular complexity index is 753. The van der Waals surface area contributed by atoms with Gasteiger partial charge in [-0.15, -0.1) is 0 Å². The number of aromatic nitrogens is 1. The first-order valence-corrected chi connectivity index (χ1v) is 7.01. The van der Waals surface area contributed by atoms with E-state index in [9.17, 15) is 13.2 Å². The summed E-state index contributed by atoms with van der Waals surface area (Å²) in [7, 11) is -4.04. The summed E-state index contributed by atoms with van der Waals surface area (Å²) >= 11 is 11.6. The molecule has 0 fully saturated rings. The van der Waals surface area contributed by atoms with E-state index in [1.807, 2.05) is 0 Å². The lowest BCUT2D eigenvalue weighted by molar-refractivity contribution is 0.585. The van der Waals surface area contributed by atoms with Crippen LogP contribution in [0.2, 0.25) is 10.0 Å². The third-order valence-corrected chi connectivity index (χ3v) is 4.61. The van der Waals surface area contributed by atoms with Crippen molar-refractivity contribution in [2.45, 2.75) is 4.90 Å². The van der Waals surface area contributed by atoms with E-state index in [1.54, 1.807) is 0 Å². The number of hydrogen-bond donors (Lipinski definition) is 0. The lowest BCUT2D eigenvalue weighted by Crippen LogP contribution is -2.26. The second-order valence-corrected chi connectivity index (χ2v) is 6.04. The zero-order valence-electron chi connectivity index (χ0n) is 8.88. The molecule has 94 valence electrons. The average Bonchev–Trinajstić information content (AvgIpc) is 2.32. The van der Waals surface area contributed by atoms with Crippen molar-refractivity contribution in [1.82, 2.24) is 3.97 Å². The van der Waals surface area contributed by atoms with Crippen molar-refractivity contribution in [3.63, 3.8) is 0 Å². The van der Waals surface area contributed by atoms with Gasteiger partial charge in [0.15, 0.2) is 0 Å². The van der Waals surface area contributed by atoms with E-state index in [0.29, 0.717) is 3.97 Å². The first kappa shape index (κ1) is 13.1. The van der Waals surface area contributed by atoms with Gasteiger partial charge in [0.1, 0.15) is 4.90 Å². The first-order chi connectivity index (χ1) is 8.43. The molecular weight excluding hydrogens is 297 g/mol. The Hall–Kier alpha value is -1.30. The summed E-state index contributed by atoms with van der Waals surface area (Å²) in [5.74, 6) is 0. The molecule has 0 aliphatic carbocycles. The van der Waals surface area contributed by atoms with Gasteiger partial charge < -0.3 is 0 Å². The second-order valence-electron chi connectivity index (χ2n) is 3.41. The Morgan fingerprint density at radius 3 is 2.44 bits per heavy atom. The topological polar surface area (TPSA) is 56.1 Å². The van der Waals surface area contributed by atoms with Crippen molar-refractivity contribution < 1.29 is 8.42 Å². The maximum atomic E-state index is 12.2. The minimum atomic E-state index is -4.04. The fourth-order valence-corrected chi connectivity index (χ4v) is 3.37. The van der Waals surface area contributed by atoms with Crippen LogP contribution in [-0.4, -0.2) is 12.4 Å². The maximum absolute atomic E-state index is 12.2. The molecule has 0 spiro atoms. The van der Waals surface area contributed by atoms with Gasteiger partial charge in [0, 0.05) is 17.3 Å². The summed E-state index contributed by atoms with van der Waals surface area (Å²) in [6, 6.07) is 8.08. The Labute approximate surface area is 113 Å². The molecular formula is C11H7Cl2NO3S. The molecule has 2 aromatic rings. The fraction of sp³-hybridized carbons (Fsp3) is 0. The lowest BCUT2D eigenvalue weighted by Gasteiger charge is -2.08. The van der Waals surface area contributed by atoms with Gasteiger partial charge in [0.2, 0.25) is 0 Å². The van der Waals surface area contributed by atoms with Crippen LogP contribution in [-0.2, 0) is 10.0 Å². The van der Waals surface area contributed by atoms with Gasteiger partial charge >= 0.3 is 0 Å². The minimum Gasteiger partial charge on any atom is -0.268 e. The Morgan fingerprint density at radius 2 is 1.78 bits per heavy atom. The standard InChI is InChI=1S/C11H7Cl2NO3S/c12-8-4-5-9(13)10(7-8)18(16,17)14-6-2-1-3-11(14)15/h1-7H. The van der Waals surface area contributed by atoms with Crippen LogP contribution in [0.5, 0.6) is 0 Å². The largest absolute Gasteiger partial charge is 0.272 e. The van der Waals surface area contributed by atoms with Gasteiger partial charge in [-0.25, -0.2) is 12.4 Å². The van der Waals surface area contributed by atoms with E-state index in [0.717, 1.165) is 12.3 Å². The number of halogens is 2. The Kier molecular flexibility index (Phi) is 3.47. The molecule has 2 rings (SSSR count). The summed E-state index contributed by atoms with van der Waals surface area (Å²) < 4.78 is 25.1. The van der Waals surface area contributed by atoms with Gasteiger partial charge in [-0.2, -0.15) is 0 Å². The number of benzene rings is 1. The molecule has 0 N–H and O–H groups in total. The summed E-state index contributed by atoms with van der Waals surface area (Å²) in [6.45, 7) is 0. The highest BCUT2D eigenvalue weighted by Gasteiger charge is 2.21. The highest BCUT2D eigenvalue weighted by atomic mass is 35.5. The second kappa shape index (κ2) is 4.76. The molecule has 0 aliphatic heterocycles. The van der Waals surface area contributed by atoms with Gasteiger partial charge in [-0.1, -0.05) is 29.3 Å². The molecule has 0 amide bonds. The van der Waals surface area contributed by atoms with E-state index in [1.165, 1.54) is 30.3 Å². The monoisotopic (exact) mass is 303 g/mol.